The first-order chi connectivity index (χ1) is 15.8. The number of nitrogens with zero attached hydrogens (tertiary/aromatic N) is 1. The molecule has 0 aromatic rings. The quantitative estimate of drug-likeness (QED) is 0.656. The van der Waals surface area contributed by atoms with Gasteiger partial charge in [-0.05, 0) is 88.9 Å². The smallest absolute Gasteiger partial charge is 0.225 e. The lowest BCUT2D eigenvalue weighted by Crippen LogP contribution is -2.43. The second-order valence-corrected chi connectivity index (χ2v) is 10.2. The van der Waals surface area contributed by atoms with E-state index in [1.54, 1.807) is 0 Å². The zero-order valence-electron chi connectivity index (χ0n) is 19.3. The summed E-state index contributed by atoms with van der Waals surface area (Å²) in [5.74, 6) is 2.05. The van der Waals surface area contributed by atoms with Crippen molar-refractivity contribution in [3.63, 3.8) is 0 Å². The lowest BCUT2D eigenvalue weighted by molar-refractivity contribution is -0.130. The SMILES string of the molecule is O=C(NC1CCC(CCN2CCCCC2c2coc3cccc-3c2)CC1)C1CCCOC1. The molecule has 0 spiro atoms. The standard InChI is InChI=1S/C27H38N2O3/c30-27(22-6-4-16-31-18-22)28-24-11-9-20(10-12-24)13-15-29-14-2-1-7-25(29)23-17-21-5-3-8-26(21)32-19-23/h3,5,8,17,19-20,22,24-25H,1-2,4,6-7,9-16,18H2,(H,28,30). The van der Waals surface area contributed by atoms with Crippen molar-refractivity contribution in [1.82, 2.24) is 10.2 Å². The van der Waals surface area contributed by atoms with Gasteiger partial charge < -0.3 is 14.5 Å². The van der Waals surface area contributed by atoms with Crippen molar-refractivity contribution in [3.8, 4) is 11.3 Å². The molecule has 0 aromatic carbocycles. The summed E-state index contributed by atoms with van der Waals surface area (Å²) >= 11 is 0. The summed E-state index contributed by atoms with van der Waals surface area (Å²) in [5.41, 5.74) is 2.55. The van der Waals surface area contributed by atoms with E-state index in [-0.39, 0.29) is 11.8 Å². The number of hydrogen-bond donors (Lipinski definition) is 1. The maximum atomic E-state index is 12.5. The van der Waals surface area contributed by atoms with Crippen LogP contribution >= 0.6 is 0 Å². The van der Waals surface area contributed by atoms with E-state index in [1.807, 2.05) is 12.3 Å². The Morgan fingerprint density at radius 3 is 2.81 bits per heavy atom. The molecule has 0 bridgehead atoms. The average molecular weight is 439 g/mol. The Kier molecular flexibility index (Phi) is 7.13. The van der Waals surface area contributed by atoms with E-state index in [4.69, 9.17) is 9.15 Å². The molecule has 5 aliphatic rings. The second-order valence-electron chi connectivity index (χ2n) is 10.2. The highest BCUT2D eigenvalue weighted by Gasteiger charge is 2.29. The Bertz CT molecular complexity index is 835. The molecule has 1 saturated carbocycles. The van der Waals surface area contributed by atoms with Gasteiger partial charge in [0.05, 0.1) is 18.8 Å². The Morgan fingerprint density at radius 2 is 1.97 bits per heavy atom. The van der Waals surface area contributed by atoms with Gasteiger partial charge >= 0.3 is 0 Å². The zero-order chi connectivity index (χ0) is 21.8. The predicted octanol–water partition coefficient (Wildman–Crippen LogP) is 5.40. The monoisotopic (exact) mass is 438 g/mol. The number of hydrogen-bond acceptors (Lipinski definition) is 4. The van der Waals surface area contributed by atoms with Crippen LogP contribution < -0.4 is 5.32 Å². The van der Waals surface area contributed by atoms with Crippen molar-refractivity contribution in [3.05, 3.63) is 36.1 Å². The molecular formula is C27H38N2O3. The summed E-state index contributed by atoms with van der Waals surface area (Å²) in [6.07, 6.45) is 13.8. The average Bonchev–Trinajstić information content (AvgIpc) is 3.32. The molecule has 5 rings (SSSR count). The molecule has 174 valence electrons. The molecule has 0 aromatic heterocycles. The highest BCUT2D eigenvalue weighted by Crippen LogP contribution is 2.36. The maximum absolute atomic E-state index is 12.5. The van der Waals surface area contributed by atoms with Crippen LogP contribution in [0.15, 0.2) is 34.9 Å². The fourth-order valence-electron chi connectivity index (χ4n) is 6.01. The number of rotatable bonds is 6. The van der Waals surface area contributed by atoms with Crippen molar-refractivity contribution in [2.24, 2.45) is 11.8 Å². The number of ether oxygens (including phenoxy) is 1. The number of carbonyl (C=O) groups excluding carboxylic acids is 1. The minimum atomic E-state index is 0.0665. The van der Waals surface area contributed by atoms with Crippen LogP contribution in [0.25, 0.3) is 11.3 Å². The Morgan fingerprint density at radius 1 is 1.06 bits per heavy atom. The van der Waals surface area contributed by atoms with Crippen molar-refractivity contribution < 1.29 is 13.9 Å². The number of nitrogens with one attached hydrogen (secondary N) is 1. The molecule has 3 fully saturated rings. The van der Waals surface area contributed by atoms with Gasteiger partial charge in [-0.25, -0.2) is 0 Å². The fraction of sp³-hybridized carbons (Fsp3) is 0.667. The molecule has 3 heterocycles. The third kappa shape index (κ3) is 5.20. The molecule has 32 heavy (non-hydrogen) atoms. The number of amides is 1. The van der Waals surface area contributed by atoms with Gasteiger partial charge in [0.25, 0.3) is 0 Å². The Labute approximate surface area is 192 Å². The summed E-state index contributed by atoms with van der Waals surface area (Å²) in [5, 5.41) is 3.32. The van der Waals surface area contributed by atoms with Crippen LogP contribution in [0.4, 0.5) is 0 Å². The minimum absolute atomic E-state index is 0.0665. The van der Waals surface area contributed by atoms with Crippen LogP contribution in [0.1, 0.15) is 75.8 Å². The van der Waals surface area contributed by atoms with Crippen LogP contribution in [0.3, 0.4) is 0 Å². The normalized spacial score (nSPS) is 29.8. The highest BCUT2D eigenvalue weighted by molar-refractivity contribution is 5.79. The third-order valence-electron chi connectivity index (χ3n) is 8.00. The van der Waals surface area contributed by atoms with Crippen molar-refractivity contribution in [1.29, 1.82) is 0 Å². The van der Waals surface area contributed by atoms with E-state index in [2.05, 4.69) is 28.4 Å². The van der Waals surface area contributed by atoms with Crippen molar-refractivity contribution >= 4 is 5.91 Å². The molecule has 5 heteroatoms. The molecule has 2 saturated heterocycles. The minimum Gasteiger partial charge on any atom is -0.464 e. The summed E-state index contributed by atoms with van der Waals surface area (Å²) < 4.78 is 11.4. The van der Waals surface area contributed by atoms with Gasteiger partial charge in [0.1, 0.15) is 5.76 Å². The molecule has 2 unspecified atom stereocenters. The van der Waals surface area contributed by atoms with Crippen molar-refractivity contribution in [2.45, 2.75) is 76.3 Å². The van der Waals surface area contributed by atoms with E-state index >= 15 is 0 Å². The van der Waals surface area contributed by atoms with Crippen molar-refractivity contribution in [2.75, 3.05) is 26.3 Å². The van der Waals surface area contributed by atoms with Gasteiger partial charge in [0.15, 0.2) is 0 Å². The first-order valence-electron chi connectivity index (χ1n) is 12.9. The molecule has 1 N–H and O–H groups in total. The third-order valence-corrected chi connectivity index (χ3v) is 8.00. The van der Waals surface area contributed by atoms with Gasteiger partial charge in [-0.3, -0.25) is 9.69 Å². The highest BCUT2D eigenvalue weighted by atomic mass is 16.5. The molecule has 5 nitrogen and oxygen atoms in total. The Balaban J connectivity index is 1.10. The van der Waals surface area contributed by atoms with Gasteiger partial charge in [0.2, 0.25) is 5.91 Å². The summed E-state index contributed by atoms with van der Waals surface area (Å²) in [6, 6.07) is 9.43. The number of piperidine rings is 1. The second kappa shape index (κ2) is 10.4. The molecule has 1 amide bonds. The zero-order valence-corrected chi connectivity index (χ0v) is 19.3. The summed E-state index contributed by atoms with van der Waals surface area (Å²) in [6.45, 7) is 3.78. The number of fused-ring (bicyclic) bond motifs is 1. The largest absolute Gasteiger partial charge is 0.464 e. The summed E-state index contributed by atoms with van der Waals surface area (Å²) in [7, 11) is 0. The van der Waals surface area contributed by atoms with Crippen LogP contribution in [0.2, 0.25) is 0 Å². The lowest BCUT2D eigenvalue weighted by Gasteiger charge is -2.37. The van der Waals surface area contributed by atoms with E-state index in [0.29, 0.717) is 18.7 Å². The van der Waals surface area contributed by atoms with Crippen LogP contribution in [-0.2, 0) is 9.53 Å². The molecule has 2 atom stereocenters. The topological polar surface area (TPSA) is 54.7 Å². The van der Waals surface area contributed by atoms with Gasteiger partial charge in [0, 0.05) is 29.8 Å². The van der Waals surface area contributed by atoms with Crippen LogP contribution in [-0.4, -0.2) is 43.2 Å². The molecule has 3 aliphatic heterocycles. The van der Waals surface area contributed by atoms with Crippen LogP contribution in [0, 0.1) is 11.8 Å². The van der Waals surface area contributed by atoms with E-state index in [1.165, 1.54) is 62.7 Å². The molecule has 0 radical (unpaired) electrons. The van der Waals surface area contributed by atoms with Gasteiger partial charge in [-0.2, -0.15) is 0 Å². The summed E-state index contributed by atoms with van der Waals surface area (Å²) in [4.78, 5) is 15.2. The van der Waals surface area contributed by atoms with Gasteiger partial charge in [-0.1, -0.05) is 18.6 Å². The van der Waals surface area contributed by atoms with E-state index in [9.17, 15) is 4.79 Å². The Hall–Kier alpha value is -1.85. The molecule has 2 aliphatic carbocycles. The van der Waals surface area contributed by atoms with E-state index < -0.39 is 0 Å². The maximum Gasteiger partial charge on any atom is 0.225 e. The van der Waals surface area contributed by atoms with E-state index in [0.717, 1.165) is 44.0 Å². The fourth-order valence-corrected chi connectivity index (χ4v) is 6.01. The van der Waals surface area contributed by atoms with Crippen LogP contribution in [0.5, 0.6) is 0 Å². The number of carbonyl (C=O) groups is 1. The first kappa shape index (κ1) is 22.0. The predicted molar refractivity (Wildman–Crippen MR) is 126 cm³/mol. The van der Waals surface area contributed by atoms with Gasteiger partial charge in [-0.15, -0.1) is 0 Å². The molecular weight excluding hydrogens is 400 g/mol. The lowest BCUT2D eigenvalue weighted by atomic mass is 9.83. The first-order valence-corrected chi connectivity index (χ1v) is 12.9. The number of likely N-dealkylation sites (tertiary alicyclic amines) is 1.